The van der Waals surface area contributed by atoms with Gasteiger partial charge in [-0.2, -0.15) is 0 Å². The summed E-state index contributed by atoms with van der Waals surface area (Å²) in [4.78, 5) is 5.17. The second kappa shape index (κ2) is 15.4. The summed E-state index contributed by atoms with van der Waals surface area (Å²) in [5.41, 5.74) is 26.0. The molecule has 0 bridgehead atoms. The molecule has 0 N–H and O–H groups in total. The zero-order chi connectivity index (χ0) is 48.7. The maximum atomic E-state index is 2.56. The van der Waals surface area contributed by atoms with Crippen LogP contribution in [-0.4, -0.2) is 0 Å². The molecule has 4 aliphatic rings. The minimum absolute atomic E-state index is 0.0368. The van der Waals surface area contributed by atoms with E-state index in [0.717, 1.165) is 17.1 Å². The highest BCUT2D eigenvalue weighted by Gasteiger charge is 2.53. The maximum absolute atomic E-state index is 2.56. The van der Waals surface area contributed by atoms with Crippen LogP contribution in [0.4, 0.5) is 17.1 Å². The summed E-state index contributed by atoms with van der Waals surface area (Å²) in [6.45, 7) is 14.1. The minimum Gasteiger partial charge on any atom is -0.310 e. The average molecular weight is 942 g/mol. The van der Waals surface area contributed by atoms with Crippen molar-refractivity contribution in [3.63, 3.8) is 0 Å². The normalized spacial score (nSPS) is 14.7. The van der Waals surface area contributed by atoms with Gasteiger partial charge in [0.2, 0.25) is 0 Å². The Hall–Kier alpha value is -7.65. The summed E-state index contributed by atoms with van der Waals surface area (Å²) >= 11 is 1.93. The van der Waals surface area contributed by atoms with Crippen LogP contribution < -0.4 is 4.90 Å². The summed E-state index contributed by atoms with van der Waals surface area (Å²) in [7, 11) is 0. The molecular weight excluding hydrogens is 887 g/mol. The third-order valence-electron chi connectivity index (χ3n) is 16.5. The van der Waals surface area contributed by atoms with Gasteiger partial charge in [-0.3, -0.25) is 0 Å². The van der Waals surface area contributed by atoms with Crippen molar-refractivity contribution < 1.29 is 0 Å². The van der Waals surface area contributed by atoms with Crippen LogP contribution in [0.3, 0.4) is 0 Å². The summed E-state index contributed by atoms with van der Waals surface area (Å²) < 4.78 is 0. The van der Waals surface area contributed by atoms with Gasteiger partial charge in [-0.1, -0.05) is 229 Å². The second-order valence-electron chi connectivity index (χ2n) is 22.4. The van der Waals surface area contributed by atoms with Gasteiger partial charge in [0.15, 0.2) is 0 Å². The van der Waals surface area contributed by atoms with Gasteiger partial charge < -0.3 is 4.90 Å². The molecule has 0 unspecified atom stereocenters. The van der Waals surface area contributed by atoms with E-state index in [9.17, 15) is 0 Å². The van der Waals surface area contributed by atoms with E-state index in [1.54, 1.807) is 0 Å². The average Bonchev–Trinajstić information content (AvgIpc) is 4.00. The molecule has 1 aliphatic heterocycles. The number of anilines is 3. The maximum Gasteiger partial charge on any atom is 0.0736 e. The molecule has 0 radical (unpaired) electrons. The molecule has 3 aliphatic carbocycles. The van der Waals surface area contributed by atoms with Crippen LogP contribution in [0, 0.1) is 0 Å². The molecule has 10 aromatic carbocycles. The third kappa shape index (κ3) is 5.96. The molecule has 0 saturated carbocycles. The monoisotopic (exact) mass is 941 g/mol. The van der Waals surface area contributed by atoms with Gasteiger partial charge in [0.25, 0.3) is 0 Å². The summed E-state index contributed by atoms with van der Waals surface area (Å²) in [6, 6.07) is 86.0. The van der Waals surface area contributed by atoms with E-state index < -0.39 is 10.8 Å². The molecule has 2 heteroatoms. The molecule has 0 fully saturated rings. The SMILES string of the molecule is CC(C)(C)c1ccc2c(c1)C1(c3cc(C(C)(C)C)ccc3S2)c2ccccc2-c2ccc(N(c3ccc(-c4ccccc4)cc3)c3ccc4c(c3)C3(c5ccccc5-c5ccccc53)c3ccccc3-4)cc21. The highest BCUT2D eigenvalue weighted by Crippen LogP contribution is 2.65. The molecule has 2 spiro atoms. The van der Waals surface area contributed by atoms with Gasteiger partial charge in [-0.25, -0.2) is 0 Å². The molecule has 1 heterocycles. The van der Waals surface area contributed by atoms with Gasteiger partial charge in [0, 0.05) is 26.9 Å². The van der Waals surface area contributed by atoms with Crippen molar-refractivity contribution >= 4 is 28.8 Å². The van der Waals surface area contributed by atoms with Crippen LogP contribution in [0.5, 0.6) is 0 Å². The van der Waals surface area contributed by atoms with E-state index in [4.69, 9.17) is 0 Å². The molecule has 1 nitrogen and oxygen atoms in total. The van der Waals surface area contributed by atoms with Crippen molar-refractivity contribution in [3.05, 3.63) is 280 Å². The Labute approximate surface area is 428 Å². The predicted molar refractivity (Wildman–Crippen MR) is 302 cm³/mol. The van der Waals surface area contributed by atoms with E-state index >= 15 is 0 Å². The number of hydrogen-bond donors (Lipinski definition) is 0. The Morgan fingerprint density at radius 3 is 1.06 bits per heavy atom. The topological polar surface area (TPSA) is 3.24 Å². The Bertz CT molecular complexity index is 3730. The number of hydrogen-bond acceptors (Lipinski definition) is 2. The van der Waals surface area contributed by atoms with Crippen molar-refractivity contribution in [2.24, 2.45) is 0 Å². The highest BCUT2D eigenvalue weighted by atomic mass is 32.2. The fourth-order valence-electron chi connectivity index (χ4n) is 13.1. The van der Waals surface area contributed by atoms with Crippen LogP contribution in [0.15, 0.2) is 234 Å². The van der Waals surface area contributed by atoms with E-state index in [-0.39, 0.29) is 10.8 Å². The lowest BCUT2D eigenvalue weighted by Gasteiger charge is -2.41. The largest absolute Gasteiger partial charge is 0.310 e. The first kappa shape index (κ1) is 43.2. The number of fused-ring (bicyclic) bond motifs is 19. The van der Waals surface area contributed by atoms with E-state index in [1.165, 1.54) is 110 Å². The summed E-state index contributed by atoms with van der Waals surface area (Å²) in [5.74, 6) is 0. The zero-order valence-corrected chi connectivity index (χ0v) is 42.5. The lowest BCUT2D eigenvalue weighted by molar-refractivity contribution is 0.581. The Morgan fingerprint density at radius 2 is 0.639 bits per heavy atom. The number of rotatable bonds is 4. The van der Waals surface area contributed by atoms with E-state index in [1.807, 2.05) is 11.8 Å². The quantitative estimate of drug-likeness (QED) is 0.173. The fraction of sp³-hybridized carbons (Fsp3) is 0.143. The zero-order valence-electron chi connectivity index (χ0n) is 41.7. The Kier molecular flexibility index (Phi) is 9.25. The van der Waals surface area contributed by atoms with Crippen LogP contribution in [0.25, 0.3) is 44.5 Å². The van der Waals surface area contributed by atoms with Gasteiger partial charge in [-0.05, 0) is 160 Å². The van der Waals surface area contributed by atoms with E-state index in [0.29, 0.717) is 0 Å². The second-order valence-corrected chi connectivity index (χ2v) is 23.5. The van der Waals surface area contributed by atoms with Crippen LogP contribution in [0.1, 0.15) is 97.2 Å². The summed E-state index contributed by atoms with van der Waals surface area (Å²) in [6.07, 6.45) is 0. The molecule has 346 valence electrons. The smallest absolute Gasteiger partial charge is 0.0736 e. The van der Waals surface area contributed by atoms with Crippen molar-refractivity contribution in [3.8, 4) is 44.5 Å². The number of benzene rings is 10. The first-order valence-corrected chi connectivity index (χ1v) is 26.4. The Morgan fingerprint density at radius 1 is 0.292 bits per heavy atom. The molecule has 0 atom stereocenters. The van der Waals surface area contributed by atoms with Crippen LogP contribution in [-0.2, 0) is 21.7 Å². The third-order valence-corrected chi connectivity index (χ3v) is 17.6. The minimum atomic E-state index is -0.565. The van der Waals surface area contributed by atoms with Gasteiger partial charge >= 0.3 is 0 Å². The first-order chi connectivity index (χ1) is 35.0. The van der Waals surface area contributed by atoms with Gasteiger partial charge in [0.1, 0.15) is 0 Å². The van der Waals surface area contributed by atoms with Crippen molar-refractivity contribution in [1.29, 1.82) is 0 Å². The molecule has 0 aromatic heterocycles. The van der Waals surface area contributed by atoms with Crippen molar-refractivity contribution in [2.45, 2.75) is 73.0 Å². The van der Waals surface area contributed by atoms with Crippen molar-refractivity contribution in [1.82, 2.24) is 0 Å². The summed E-state index contributed by atoms with van der Waals surface area (Å²) in [5, 5.41) is 0. The number of nitrogens with zero attached hydrogens (tertiary/aromatic N) is 1. The van der Waals surface area contributed by atoms with Crippen LogP contribution >= 0.6 is 11.8 Å². The highest BCUT2D eigenvalue weighted by molar-refractivity contribution is 7.99. The van der Waals surface area contributed by atoms with Crippen LogP contribution in [0.2, 0.25) is 0 Å². The molecule has 72 heavy (non-hydrogen) atoms. The van der Waals surface area contributed by atoms with Gasteiger partial charge in [0.05, 0.1) is 10.8 Å². The van der Waals surface area contributed by atoms with Crippen molar-refractivity contribution in [2.75, 3.05) is 4.90 Å². The molecule has 0 amide bonds. The fourth-order valence-corrected chi connectivity index (χ4v) is 14.3. The standard InChI is InChI=1S/C70H55NS/c1-67(2,3)46-30-38-65-63(40-46)70(64-41-47(68(4,5)6)31-39-66(64)72-65)60-27-17-13-23-54(60)56-37-35-50(43-62(56)70)71(48-32-28-45(29-33-48)44-18-8-7-9-19-44)49-34-36-55-53-22-12-16-26-59(53)69(61(55)42-49)57-24-14-10-20-51(57)52-21-11-15-25-58(52)69/h7-43H,1-6H3. The first-order valence-electron chi connectivity index (χ1n) is 25.6. The molecule has 10 aromatic rings. The molecule has 14 rings (SSSR count). The predicted octanol–water partition coefficient (Wildman–Crippen LogP) is 18.6. The van der Waals surface area contributed by atoms with E-state index in [2.05, 4.69) is 271 Å². The lowest BCUT2D eigenvalue weighted by atomic mass is 9.65. The Balaban J connectivity index is 1.05. The molecular formula is C70H55NS. The van der Waals surface area contributed by atoms with Gasteiger partial charge in [-0.15, -0.1) is 0 Å². The lowest BCUT2D eigenvalue weighted by Crippen LogP contribution is -2.33. The molecule has 0 saturated heterocycles.